The summed E-state index contributed by atoms with van der Waals surface area (Å²) in [5, 5.41) is 19.2. The van der Waals surface area contributed by atoms with Gasteiger partial charge >= 0.3 is 5.97 Å². The first-order valence-electron chi connectivity index (χ1n) is 7.82. The molecule has 1 aromatic rings. The van der Waals surface area contributed by atoms with Crippen molar-refractivity contribution >= 4 is 5.97 Å². The average molecular weight is 308 g/mol. The molecule has 1 fully saturated rings. The number of aryl methyl sites for hydroxylation is 1. The Morgan fingerprint density at radius 1 is 1.41 bits per heavy atom. The van der Waals surface area contributed by atoms with Crippen LogP contribution in [-0.4, -0.2) is 38.2 Å². The molecule has 2 N–H and O–H groups in total. The first-order chi connectivity index (χ1) is 10.4. The summed E-state index contributed by atoms with van der Waals surface area (Å²) in [6, 6.07) is 1.71. The first kappa shape index (κ1) is 16.5. The molecule has 0 aromatic carbocycles. The fourth-order valence-electron chi connectivity index (χ4n) is 3.26. The molecule has 0 aliphatic carbocycles. The fraction of sp³-hybridized carbons (Fsp3) is 0.625. The summed E-state index contributed by atoms with van der Waals surface area (Å²) in [6.07, 6.45) is 4.39. The highest BCUT2D eigenvalue weighted by Gasteiger charge is 2.24. The highest BCUT2D eigenvalue weighted by atomic mass is 16.4. The van der Waals surface area contributed by atoms with Crippen molar-refractivity contribution < 1.29 is 15.0 Å². The minimum absolute atomic E-state index is 0.250. The van der Waals surface area contributed by atoms with Crippen LogP contribution in [0, 0.1) is 6.92 Å². The van der Waals surface area contributed by atoms with Gasteiger partial charge in [-0.05, 0) is 32.7 Å². The topological polar surface area (TPSA) is 82.8 Å². The van der Waals surface area contributed by atoms with Crippen LogP contribution in [-0.2, 0) is 17.9 Å². The average Bonchev–Trinajstić information content (AvgIpc) is 2.48. The first-order valence-corrected chi connectivity index (χ1v) is 7.82. The summed E-state index contributed by atoms with van der Waals surface area (Å²) in [5.41, 5.74) is 0.525. The van der Waals surface area contributed by atoms with Gasteiger partial charge in [0.2, 0.25) is 5.43 Å². The van der Waals surface area contributed by atoms with Crippen molar-refractivity contribution in [3.05, 3.63) is 27.7 Å². The van der Waals surface area contributed by atoms with Gasteiger partial charge in [-0.15, -0.1) is 0 Å². The van der Waals surface area contributed by atoms with Gasteiger partial charge in [-0.25, -0.2) is 0 Å². The number of piperidine rings is 1. The Hall–Kier alpha value is -1.82. The number of carboxylic acid groups (broad SMARTS) is 1. The lowest BCUT2D eigenvalue weighted by Crippen LogP contribution is -2.39. The van der Waals surface area contributed by atoms with Gasteiger partial charge in [0, 0.05) is 24.3 Å². The van der Waals surface area contributed by atoms with Crippen molar-refractivity contribution in [2.45, 2.75) is 58.7 Å². The van der Waals surface area contributed by atoms with Gasteiger partial charge in [0.1, 0.15) is 6.54 Å². The second-order valence-electron chi connectivity index (χ2n) is 5.95. The normalized spacial score (nSPS) is 19.3. The zero-order valence-electron chi connectivity index (χ0n) is 13.2. The number of carboxylic acids is 1. The van der Waals surface area contributed by atoms with Gasteiger partial charge in [-0.1, -0.05) is 13.3 Å². The second kappa shape index (κ2) is 6.96. The van der Waals surface area contributed by atoms with Crippen LogP contribution in [0.25, 0.3) is 0 Å². The number of likely N-dealkylation sites (tertiary alicyclic amines) is 1. The summed E-state index contributed by atoms with van der Waals surface area (Å²) in [7, 11) is 0. The molecule has 122 valence electrons. The molecule has 0 bridgehead atoms. The van der Waals surface area contributed by atoms with Gasteiger partial charge in [0.15, 0.2) is 5.75 Å². The molecule has 6 heteroatoms. The van der Waals surface area contributed by atoms with Crippen LogP contribution >= 0.6 is 0 Å². The maximum atomic E-state index is 11.9. The third kappa shape index (κ3) is 3.50. The van der Waals surface area contributed by atoms with Gasteiger partial charge < -0.3 is 14.8 Å². The lowest BCUT2D eigenvalue weighted by Gasteiger charge is -2.35. The molecule has 22 heavy (non-hydrogen) atoms. The minimum atomic E-state index is -0.988. The summed E-state index contributed by atoms with van der Waals surface area (Å²) >= 11 is 0. The van der Waals surface area contributed by atoms with E-state index in [2.05, 4.69) is 11.8 Å². The van der Waals surface area contributed by atoms with Gasteiger partial charge in [-0.2, -0.15) is 0 Å². The quantitative estimate of drug-likeness (QED) is 0.865. The second-order valence-corrected chi connectivity index (χ2v) is 5.95. The molecule has 1 saturated heterocycles. The summed E-state index contributed by atoms with van der Waals surface area (Å²) in [6.45, 7) is 4.89. The van der Waals surface area contributed by atoms with Gasteiger partial charge in [0.25, 0.3) is 0 Å². The van der Waals surface area contributed by atoms with E-state index in [1.165, 1.54) is 17.1 Å². The molecule has 1 atom stereocenters. The van der Waals surface area contributed by atoms with Gasteiger partial charge in [-0.3, -0.25) is 14.5 Å². The molecule has 1 aliphatic rings. The van der Waals surface area contributed by atoms with Crippen LogP contribution < -0.4 is 5.43 Å². The Kier molecular flexibility index (Phi) is 5.24. The fourth-order valence-corrected chi connectivity index (χ4v) is 3.26. The molecule has 0 saturated carbocycles. The van der Waals surface area contributed by atoms with Crippen molar-refractivity contribution in [3.8, 4) is 5.75 Å². The Morgan fingerprint density at radius 2 is 2.14 bits per heavy atom. The van der Waals surface area contributed by atoms with Crippen molar-refractivity contribution in [2.75, 3.05) is 6.54 Å². The van der Waals surface area contributed by atoms with Crippen molar-refractivity contribution in [2.24, 2.45) is 0 Å². The lowest BCUT2D eigenvalue weighted by atomic mass is 9.99. The van der Waals surface area contributed by atoms with Crippen LogP contribution in [0.2, 0.25) is 0 Å². The number of nitrogens with zero attached hydrogens (tertiary/aromatic N) is 2. The zero-order chi connectivity index (χ0) is 16.3. The molecule has 0 amide bonds. The Morgan fingerprint density at radius 3 is 2.77 bits per heavy atom. The minimum Gasteiger partial charge on any atom is -0.503 e. The van der Waals surface area contributed by atoms with Crippen LogP contribution in [0.3, 0.4) is 0 Å². The SMILES string of the molecule is CCC1CCCCN1Cc1c(O)c(=O)cc(C)n1CC(=O)O. The van der Waals surface area contributed by atoms with E-state index in [1.54, 1.807) is 6.92 Å². The molecule has 0 spiro atoms. The van der Waals surface area contributed by atoms with Crippen molar-refractivity contribution in [3.63, 3.8) is 0 Å². The predicted octanol–water partition coefficient (Wildman–Crippen LogP) is 1.71. The molecule has 2 heterocycles. The number of carbonyl (C=O) groups is 1. The lowest BCUT2D eigenvalue weighted by molar-refractivity contribution is -0.137. The van der Waals surface area contributed by atoms with E-state index in [0.717, 1.165) is 25.8 Å². The largest absolute Gasteiger partial charge is 0.503 e. The smallest absolute Gasteiger partial charge is 0.323 e. The van der Waals surface area contributed by atoms with E-state index in [-0.39, 0.29) is 12.3 Å². The molecular formula is C16H24N2O4. The van der Waals surface area contributed by atoms with Crippen molar-refractivity contribution in [1.29, 1.82) is 0 Å². The highest BCUT2D eigenvalue weighted by Crippen LogP contribution is 2.24. The molecule has 6 nitrogen and oxygen atoms in total. The maximum Gasteiger partial charge on any atom is 0.323 e. The van der Waals surface area contributed by atoms with E-state index >= 15 is 0 Å². The van der Waals surface area contributed by atoms with Crippen LogP contribution in [0.5, 0.6) is 5.75 Å². The molecule has 1 aliphatic heterocycles. The third-order valence-electron chi connectivity index (χ3n) is 4.46. The van der Waals surface area contributed by atoms with E-state index in [9.17, 15) is 14.7 Å². The standard InChI is InChI=1S/C16H24N2O4/c1-3-12-6-4-5-7-17(12)9-13-16(22)14(19)8-11(2)18(13)10-15(20)21/h8,12,22H,3-7,9-10H2,1-2H3,(H,20,21). The summed E-state index contributed by atoms with van der Waals surface area (Å²) < 4.78 is 1.53. The number of hydrogen-bond donors (Lipinski definition) is 2. The number of rotatable bonds is 5. The van der Waals surface area contributed by atoms with E-state index in [0.29, 0.717) is 24.0 Å². The molecule has 1 unspecified atom stereocenters. The zero-order valence-corrected chi connectivity index (χ0v) is 13.2. The monoisotopic (exact) mass is 308 g/mol. The number of aliphatic carboxylic acids is 1. The van der Waals surface area contributed by atoms with Crippen LogP contribution in [0.1, 0.15) is 44.0 Å². The molecule has 2 rings (SSSR count). The van der Waals surface area contributed by atoms with E-state index in [4.69, 9.17) is 5.11 Å². The summed E-state index contributed by atoms with van der Waals surface area (Å²) in [4.78, 5) is 25.2. The molecule has 0 radical (unpaired) electrons. The summed E-state index contributed by atoms with van der Waals surface area (Å²) in [5.74, 6) is -1.31. The van der Waals surface area contributed by atoms with Crippen LogP contribution in [0.15, 0.2) is 10.9 Å². The number of aromatic hydroxyl groups is 1. The van der Waals surface area contributed by atoms with Crippen LogP contribution in [0.4, 0.5) is 0 Å². The number of hydrogen-bond acceptors (Lipinski definition) is 4. The van der Waals surface area contributed by atoms with Crippen molar-refractivity contribution in [1.82, 2.24) is 9.47 Å². The molecule has 1 aromatic heterocycles. The van der Waals surface area contributed by atoms with Gasteiger partial charge in [0.05, 0.1) is 5.69 Å². The van der Waals surface area contributed by atoms with E-state index in [1.807, 2.05) is 0 Å². The highest BCUT2D eigenvalue weighted by molar-refractivity contribution is 5.67. The predicted molar refractivity (Wildman–Crippen MR) is 83.1 cm³/mol. The Labute approximate surface area is 130 Å². The number of pyridine rings is 1. The maximum absolute atomic E-state index is 11.9. The van der Waals surface area contributed by atoms with E-state index < -0.39 is 11.4 Å². The Balaban J connectivity index is 2.39. The number of aromatic nitrogens is 1. The third-order valence-corrected chi connectivity index (χ3v) is 4.46. The Bertz CT molecular complexity index is 609. The molecular weight excluding hydrogens is 284 g/mol.